The third-order valence-corrected chi connectivity index (χ3v) is 5.69. The SMILES string of the molecule is COc1cc(NC(=O)c2nnn3c2CCC3c2ccc(F)cc2)ccc1-c1cnn(C)c1. The Labute approximate surface area is 183 Å². The molecule has 162 valence electrons. The molecule has 3 heterocycles. The molecule has 0 saturated heterocycles. The molecule has 2 aromatic heterocycles. The number of halogens is 1. The number of aryl methyl sites for hydroxylation is 1. The average Bonchev–Trinajstić information content (AvgIpc) is 3.51. The van der Waals surface area contributed by atoms with E-state index in [4.69, 9.17) is 4.74 Å². The summed E-state index contributed by atoms with van der Waals surface area (Å²) in [4.78, 5) is 12.9. The van der Waals surface area contributed by atoms with E-state index in [2.05, 4.69) is 20.7 Å². The van der Waals surface area contributed by atoms with E-state index in [0.29, 0.717) is 23.6 Å². The third-order valence-electron chi connectivity index (χ3n) is 5.69. The summed E-state index contributed by atoms with van der Waals surface area (Å²) in [5.74, 6) is 0.0122. The molecule has 8 nitrogen and oxygen atoms in total. The Morgan fingerprint density at radius 1 is 1.22 bits per heavy atom. The summed E-state index contributed by atoms with van der Waals surface area (Å²) in [6.45, 7) is 0. The molecule has 1 aliphatic rings. The maximum atomic E-state index is 13.3. The Hall–Kier alpha value is -4.01. The molecule has 0 saturated carbocycles. The first kappa shape index (κ1) is 19.9. The summed E-state index contributed by atoms with van der Waals surface area (Å²) in [5.41, 5.74) is 4.41. The molecule has 0 radical (unpaired) electrons. The first-order valence-corrected chi connectivity index (χ1v) is 10.2. The fourth-order valence-electron chi connectivity index (χ4n) is 4.12. The summed E-state index contributed by atoms with van der Waals surface area (Å²) in [6.07, 6.45) is 5.10. The number of carbonyl (C=O) groups excluding carboxylic acids is 1. The number of fused-ring (bicyclic) bond motifs is 1. The molecule has 0 aliphatic carbocycles. The van der Waals surface area contributed by atoms with Crippen LogP contribution in [0.4, 0.5) is 10.1 Å². The van der Waals surface area contributed by atoms with Crippen LogP contribution in [0.5, 0.6) is 5.75 Å². The summed E-state index contributed by atoms with van der Waals surface area (Å²) in [5, 5.41) is 15.4. The normalized spacial score (nSPS) is 14.9. The van der Waals surface area contributed by atoms with Crippen LogP contribution in [0.15, 0.2) is 54.9 Å². The number of anilines is 1. The van der Waals surface area contributed by atoms with Crippen LogP contribution >= 0.6 is 0 Å². The van der Waals surface area contributed by atoms with Crippen molar-refractivity contribution in [3.63, 3.8) is 0 Å². The molecule has 1 atom stereocenters. The zero-order valence-electron chi connectivity index (χ0n) is 17.6. The van der Waals surface area contributed by atoms with Gasteiger partial charge in [-0.2, -0.15) is 5.10 Å². The smallest absolute Gasteiger partial charge is 0.278 e. The second-order valence-electron chi connectivity index (χ2n) is 7.71. The van der Waals surface area contributed by atoms with Gasteiger partial charge in [-0.15, -0.1) is 5.10 Å². The van der Waals surface area contributed by atoms with Gasteiger partial charge in [0.05, 0.1) is 25.0 Å². The standard InChI is InChI=1S/C23H21FN6O2/c1-29-13-15(12-25-29)18-8-7-17(11-21(18)32-2)26-23(31)22-20-10-9-19(30(20)28-27-22)14-3-5-16(24)6-4-14/h3-8,11-13,19H,9-10H2,1-2H3,(H,26,31). The number of ether oxygens (including phenoxy) is 1. The van der Waals surface area contributed by atoms with E-state index < -0.39 is 0 Å². The highest BCUT2D eigenvalue weighted by molar-refractivity contribution is 6.04. The van der Waals surface area contributed by atoms with Crippen LogP contribution in [0.1, 0.15) is 34.2 Å². The first-order valence-electron chi connectivity index (χ1n) is 10.2. The summed E-state index contributed by atoms with van der Waals surface area (Å²) in [7, 11) is 3.44. The van der Waals surface area contributed by atoms with Gasteiger partial charge in [-0.1, -0.05) is 17.3 Å². The van der Waals surface area contributed by atoms with Gasteiger partial charge in [0.25, 0.3) is 5.91 Å². The van der Waals surface area contributed by atoms with Crippen molar-refractivity contribution >= 4 is 11.6 Å². The fourth-order valence-corrected chi connectivity index (χ4v) is 4.12. The van der Waals surface area contributed by atoms with Gasteiger partial charge in [-0.05, 0) is 42.7 Å². The largest absolute Gasteiger partial charge is 0.496 e. The van der Waals surface area contributed by atoms with Gasteiger partial charge < -0.3 is 10.1 Å². The first-order chi connectivity index (χ1) is 15.5. The number of nitrogens with one attached hydrogen (secondary N) is 1. The van der Waals surface area contributed by atoms with E-state index >= 15 is 0 Å². The second-order valence-corrected chi connectivity index (χ2v) is 7.71. The fraction of sp³-hybridized carbons (Fsp3) is 0.217. The summed E-state index contributed by atoms with van der Waals surface area (Å²) < 4.78 is 22.3. The number of rotatable bonds is 5. The minimum Gasteiger partial charge on any atom is -0.496 e. The predicted molar refractivity (Wildman–Crippen MR) is 116 cm³/mol. The molecule has 4 aromatic rings. The minimum absolute atomic E-state index is 0.0569. The van der Waals surface area contributed by atoms with Crippen molar-refractivity contribution in [1.82, 2.24) is 24.8 Å². The maximum Gasteiger partial charge on any atom is 0.278 e. The molecule has 32 heavy (non-hydrogen) atoms. The van der Waals surface area contributed by atoms with E-state index in [1.807, 2.05) is 25.4 Å². The second kappa shape index (κ2) is 7.92. The van der Waals surface area contributed by atoms with E-state index in [1.54, 1.807) is 40.9 Å². The third kappa shape index (κ3) is 3.51. The number of amides is 1. The van der Waals surface area contributed by atoms with Gasteiger partial charge in [0, 0.05) is 36.1 Å². The van der Waals surface area contributed by atoms with Crippen molar-refractivity contribution in [3.05, 3.63) is 77.6 Å². The van der Waals surface area contributed by atoms with Crippen LogP contribution in [0.25, 0.3) is 11.1 Å². The number of methoxy groups -OCH3 is 1. The lowest BCUT2D eigenvalue weighted by Crippen LogP contribution is -2.14. The zero-order chi connectivity index (χ0) is 22.2. The van der Waals surface area contributed by atoms with Crippen molar-refractivity contribution in [2.45, 2.75) is 18.9 Å². The molecule has 2 aromatic carbocycles. The highest BCUT2D eigenvalue weighted by atomic mass is 19.1. The lowest BCUT2D eigenvalue weighted by molar-refractivity contribution is 0.102. The van der Waals surface area contributed by atoms with Crippen LogP contribution in [-0.2, 0) is 13.5 Å². The molecule has 9 heteroatoms. The molecule has 1 N–H and O–H groups in total. The molecule has 1 unspecified atom stereocenters. The van der Waals surface area contributed by atoms with Crippen LogP contribution in [0, 0.1) is 5.82 Å². The van der Waals surface area contributed by atoms with Crippen molar-refractivity contribution in [3.8, 4) is 16.9 Å². The number of benzene rings is 2. The van der Waals surface area contributed by atoms with Crippen LogP contribution < -0.4 is 10.1 Å². The number of hydrogen-bond acceptors (Lipinski definition) is 5. The highest BCUT2D eigenvalue weighted by Gasteiger charge is 2.31. The zero-order valence-corrected chi connectivity index (χ0v) is 17.6. The Bertz CT molecular complexity index is 1290. The average molecular weight is 432 g/mol. The maximum absolute atomic E-state index is 13.3. The van der Waals surface area contributed by atoms with Crippen molar-refractivity contribution in [1.29, 1.82) is 0 Å². The van der Waals surface area contributed by atoms with Gasteiger partial charge in [0.15, 0.2) is 5.69 Å². The van der Waals surface area contributed by atoms with Crippen LogP contribution in [0.3, 0.4) is 0 Å². The van der Waals surface area contributed by atoms with Gasteiger partial charge in [0.2, 0.25) is 0 Å². The Balaban J connectivity index is 1.37. The molecular formula is C23H21FN6O2. The minimum atomic E-state index is -0.331. The van der Waals surface area contributed by atoms with Gasteiger partial charge in [0.1, 0.15) is 11.6 Å². The number of aromatic nitrogens is 5. The monoisotopic (exact) mass is 432 g/mol. The Morgan fingerprint density at radius 3 is 2.75 bits per heavy atom. The topological polar surface area (TPSA) is 86.9 Å². The molecule has 5 rings (SSSR count). The van der Waals surface area contributed by atoms with Crippen molar-refractivity contribution in [2.24, 2.45) is 7.05 Å². The molecule has 1 amide bonds. The predicted octanol–water partition coefficient (Wildman–Crippen LogP) is 3.61. The molecule has 0 bridgehead atoms. The van der Waals surface area contributed by atoms with Gasteiger partial charge >= 0.3 is 0 Å². The summed E-state index contributed by atoms with van der Waals surface area (Å²) >= 11 is 0. The molecule has 1 aliphatic heterocycles. The van der Waals surface area contributed by atoms with E-state index in [1.165, 1.54) is 12.1 Å². The van der Waals surface area contributed by atoms with E-state index in [0.717, 1.165) is 28.8 Å². The highest BCUT2D eigenvalue weighted by Crippen LogP contribution is 2.34. The molecule has 0 fully saturated rings. The number of hydrogen-bond donors (Lipinski definition) is 1. The molecular weight excluding hydrogens is 411 g/mol. The van der Waals surface area contributed by atoms with Gasteiger partial charge in [-0.3, -0.25) is 9.48 Å². The summed E-state index contributed by atoms with van der Waals surface area (Å²) in [6, 6.07) is 11.8. The van der Waals surface area contributed by atoms with E-state index in [-0.39, 0.29) is 17.8 Å². The number of carbonyl (C=O) groups is 1. The van der Waals surface area contributed by atoms with Crippen LogP contribution in [-0.4, -0.2) is 37.8 Å². The lowest BCUT2D eigenvalue weighted by Gasteiger charge is -2.11. The molecule has 0 spiro atoms. The van der Waals surface area contributed by atoms with Crippen molar-refractivity contribution in [2.75, 3.05) is 12.4 Å². The number of nitrogens with zero attached hydrogens (tertiary/aromatic N) is 5. The lowest BCUT2D eigenvalue weighted by atomic mass is 10.0. The van der Waals surface area contributed by atoms with Crippen molar-refractivity contribution < 1.29 is 13.9 Å². The van der Waals surface area contributed by atoms with Crippen LogP contribution in [0.2, 0.25) is 0 Å². The van der Waals surface area contributed by atoms with E-state index in [9.17, 15) is 9.18 Å². The van der Waals surface area contributed by atoms with Gasteiger partial charge in [-0.25, -0.2) is 9.07 Å². The quantitative estimate of drug-likeness (QED) is 0.521. The Kier molecular flexibility index (Phi) is 4.93. The Morgan fingerprint density at radius 2 is 2.03 bits per heavy atom.